The maximum absolute atomic E-state index is 10.7. The number of benzene rings is 1. The highest BCUT2D eigenvalue weighted by Crippen LogP contribution is 2.35. The third-order valence-corrected chi connectivity index (χ3v) is 3.72. The van der Waals surface area contributed by atoms with Crippen molar-refractivity contribution in [2.24, 2.45) is 0 Å². The number of carboxylic acids is 1. The summed E-state index contributed by atoms with van der Waals surface area (Å²) in [5.74, 6) is -0.936. The Labute approximate surface area is 127 Å². The summed E-state index contributed by atoms with van der Waals surface area (Å²) in [6.07, 6.45) is 5.18. The second kappa shape index (κ2) is 6.90. The molecule has 0 aliphatic heterocycles. The van der Waals surface area contributed by atoms with Crippen LogP contribution in [0.5, 0.6) is 0 Å². The van der Waals surface area contributed by atoms with Crippen molar-refractivity contribution in [1.29, 1.82) is 0 Å². The van der Waals surface area contributed by atoms with Crippen molar-refractivity contribution in [1.82, 2.24) is 0 Å². The van der Waals surface area contributed by atoms with E-state index in [1.807, 2.05) is 18.2 Å². The van der Waals surface area contributed by atoms with E-state index in [-0.39, 0.29) is 0 Å². The standard InChI is InChI=1S/C15H18BrNO3/c1-20-9-8-17(13-5-6-13)14-10-12(16)4-2-11(14)3-7-15(18)19/h2-4,7,10,13H,5-6,8-9H2,1H3,(H,18,19). The van der Waals surface area contributed by atoms with Gasteiger partial charge in [0.1, 0.15) is 0 Å². The molecule has 0 amide bonds. The van der Waals surface area contributed by atoms with Gasteiger partial charge in [-0.2, -0.15) is 0 Å². The van der Waals surface area contributed by atoms with Crippen molar-refractivity contribution in [3.05, 3.63) is 34.3 Å². The molecule has 5 heteroatoms. The summed E-state index contributed by atoms with van der Waals surface area (Å²) >= 11 is 3.48. The van der Waals surface area contributed by atoms with E-state index in [4.69, 9.17) is 9.84 Å². The van der Waals surface area contributed by atoms with Crippen LogP contribution in [0.15, 0.2) is 28.7 Å². The highest BCUT2D eigenvalue weighted by molar-refractivity contribution is 9.10. The maximum atomic E-state index is 10.7. The Balaban J connectivity index is 2.30. The quantitative estimate of drug-likeness (QED) is 0.775. The summed E-state index contributed by atoms with van der Waals surface area (Å²) in [5, 5.41) is 8.79. The van der Waals surface area contributed by atoms with Gasteiger partial charge in [0.05, 0.1) is 6.61 Å². The van der Waals surface area contributed by atoms with Gasteiger partial charge in [0.25, 0.3) is 0 Å². The van der Waals surface area contributed by atoms with E-state index in [2.05, 4.69) is 20.8 Å². The van der Waals surface area contributed by atoms with E-state index in [0.29, 0.717) is 12.6 Å². The van der Waals surface area contributed by atoms with Crippen molar-refractivity contribution < 1.29 is 14.6 Å². The van der Waals surface area contributed by atoms with Crippen molar-refractivity contribution >= 4 is 33.7 Å². The number of ether oxygens (including phenoxy) is 1. The molecule has 0 radical (unpaired) electrons. The van der Waals surface area contributed by atoms with Gasteiger partial charge in [-0.1, -0.05) is 22.0 Å². The summed E-state index contributed by atoms with van der Waals surface area (Å²) in [4.78, 5) is 13.0. The van der Waals surface area contributed by atoms with Crippen LogP contribution in [0, 0.1) is 0 Å². The average molecular weight is 340 g/mol. The van der Waals surface area contributed by atoms with Crippen molar-refractivity contribution in [2.75, 3.05) is 25.2 Å². The maximum Gasteiger partial charge on any atom is 0.328 e. The molecule has 1 aromatic carbocycles. The molecule has 1 aliphatic rings. The van der Waals surface area contributed by atoms with Gasteiger partial charge >= 0.3 is 5.97 Å². The second-order valence-corrected chi connectivity index (χ2v) is 5.71. The molecule has 1 saturated carbocycles. The van der Waals surface area contributed by atoms with Gasteiger partial charge in [0.2, 0.25) is 0 Å². The summed E-state index contributed by atoms with van der Waals surface area (Å²) in [5.41, 5.74) is 1.97. The molecule has 1 aliphatic carbocycles. The molecular formula is C15H18BrNO3. The van der Waals surface area contributed by atoms with Crippen LogP contribution in [0.2, 0.25) is 0 Å². The van der Waals surface area contributed by atoms with Crippen molar-refractivity contribution in [3.8, 4) is 0 Å². The van der Waals surface area contributed by atoms with Gasteiger partial charge in [-0.15, -0.1) is 0 Å². The van der Waals surface area contributed by atoms with Gasteiger partial charge < -0.3 is 14.7 Å². The molecule has 0 spiro atoms. The first-order chi connectivity index (χ1) is 9.61. The Morgan fingerprint density at radius 3 is 2.90 bits per heavy atom. The minimum absolute atomic E-state index is 0.538. The first-order valence-electron chi connectivity index (χ1n) is 6.58. The highest BCUT2D eigenvalue weighted by atomic mass is 79.9. The predicted molar refractivity (Wildman–Crippen MR) is 83.1 cm³/mol. The van der Waals surface area contributed by atoms with Crippen LogP contribution >= 0.6 is 15.9 Å². The first-order valence-corrected chi connectivity index (χ1v) is 7.37. The van der Waals surface area contributed by atoms with Crippen LogP contribution in [0.1, 0.15) is 18.4 Å². The molecule has 0 bridgehead atoms. The Morgan fingerprint density at radius 1 is 1.55 bits per heavy atom. The number of hydrogen-bond acceptors (Lipinski definition) is 3. The lowest BCUT2D eigenvalue weighted by atomic mass is 10.1. The number of hydrogen-bond donors (Lipinski definition) is 1. The number of carbonyl (C=O) groups is 1. The topological polar surface area (TPSA) is 49.8 Å². The van der Waals surface area contributed by atoms with E-state index in [0.717, 1.165) is 22.3 Å². The minimum atomic E-state index is -0.936. The van der Waals surface area contributed by atoms with Crippen LogP contribution in [-0.2, 0) is 9.53 Å². The lowest BCUT2D eigenvalue weighted by molar-refractivity contribution is -0.131. The number of carboxylic acid groups (broad SMARTS) is 1. The molecule has 1 fully saturated rings. The summed E-state index contributed by atoms with van der Waals surface area (Å²) in [6.45, 7) is 1.47. The fourth-order valence-corrected chi connectivity index (χ4v) is 2.49. The van der Waals surface area contributed by atoms with Crippen LogP contribution in [0.3, 0.4) is 0 Å². The summed E-state index contributed by atoms with van der Waals surface area (Å²) in [7, 11) is 1.69. The molecule has 2 rings (SSSR count). The minimum Gasteiger partial charge on any atom is -0.478 e. The summed E-state index contributed by atoms with van der Waals surface area (Å²) < 4.78 is 6.16. The molecule has 0 unspecified atom stereocenters. The second-order valence-electron chi connectivity index (χ2n) is 4.79. The van der Waals surface area contributed by atoms with E-state index in [9.17, 15) is 4.79 Å². The van der Waals surface area contributed by atoms with Crippen molar-refractivity contribution in [3.63, 3.8) is 0 Å². The number of anilines is 1. The van der Waals surface area contributed by atoms with Gasteiger partial charge in [0.15, 0.2) is 0 Å². The average Bonchev–Trinajstić information content (AvgIpc) is 3.22. The fraction of sp³-hybridized carbons (Fsp3) is 0.400. The van der Waals surface area contributed by atoms with Gasteiger partial charge in [0, 0.05) is 35.9 Å². The molecule has 0 heterocycles. The van der Waals surface area contributed by atoms with Crippen LogP contribution in [0.25, 0.3) is 6.08 Å². The normalized spacial score (nSPS) is 14.7. The number of methoxy groups -OCH3 is 1. The zero-order chi connectivity index (χ0) is 14.5. The lowest BCUT2D eigenvalue weighted by Crippen LogP contribution is -2.30. The van der Waals surface area contributed by atoms with Crippen molar-refractivity contribution in [2.45, 2.75) is 18.9 Å². The Bertz CT molecular complexity index is 512. The predicted octanol–water partition coefficient (Wildman–Crippen LogP) is 3.16. The molecule has 1 aromatic rings. The molecule has 0 atom stereocenters. The Morgan fingerprint density at radius 2 is 2.30 bits per heavy atom. The molecule has 4 nitrogen and oxygen atoms in total. The SMILES string of the molecule is COCCN(c1cc(Br)ccc1C=CC(=O)O)C1CC1. The number of halogens is 1. The van der Waals surface area contributed by atoms with Gasteiger partial charge in [-0.3, -0.25) is 0 Å². The fourth-order valence-electron chi connectivity index (χ4n) is 2.14. The van der Waals surface area contributed by atoms with Gasteiger partial charge in [-0.05, 0) is 36.6 Å². The zero-order valence-electron chi connectivity index (χ0n) is 11.4. The Kier molecular flexibility index (Phi) is 5.20. The summed E-state index contributed by atoms with van der Waals surface area (Å²) in [6, 6.07) is 6.43. The number of rotatable bonds is 7. The third kappa shape index (κ3) is 4.08. The Hall–Kier alpha value is -1.33. The molecule has 108 valence electrons. The number of aliphatic carboxylic acids is 1. The van der Waals surface area contributed by atoms with E-state index < -0.39 is 5.97 Å². The van der Waals surface area contributed by atoms with Crippen LogP contribution in [0.4, 0.5) is 5.69 Å². The van der Waals surface area contributed by atoms with E-state index in [1.165, 1.54) is 18.9 Å². The van der Waals surface area contributed by atoms with Crippen LogP contribution < -0.4 is 4.90 Å². The molecule has 0 saturated heterocycles. The smallest absolute Gasteiger partial charge is 0.328 e. The van der Waals surface area contributed by atoms with Gasteiger partial charge in [-0.25, -0.2) is 4.79 Å². The highest BCUT2D eigenvalue weighted by Gasteiger charge is 2.30. The van der Waals surface area contributed by atoms with E-state index >= 15 is 0 Å². The third-order valence-electron chi connectivity index (χ3n) is 3.23. The molecule has 0 aromatic heterocycles. The first kappa shape index (κ1) is 15.1. The molecular weight excluding hydrogens is 322 g/mol. The number of nitrogens with zero attached hydrogens (tertiary/aromatic N) is 1. The molecule has 1 N–H and O–H groups in total. The monoisotopic (exact) mass is 339 g/mol. The van der Waals surface area contributed by atoms with E-state index in [1.54, 1.807) is 13.2 Å². The van der Waals surface area contributed by atoms with Crippen LogP contribution in [-0.4, -0.2) is 37.4 Å². The largest absolute Gasteiger partial charge is 0.478 e. The molecule has 20 heavy (non-hydrogen) atoms. The lowest BCUT2D eigenvalue weighted by Gasteiger charge is -2.26. The zero-order valence-corrected chi connectivity index (χ0v) is 13.0.